The Morgan fingerprint density at radius 2 is 1.70 bits per heavy atom. The van der Waals surface area contributed by atoms with Crippen LogP contribution in [0, 0.1) is 0 Å². The molecule has 1 aromatic rings. The van der Waals surface area contributed by atoms with E-state index in [1.165, 1.54) is 5.56 Å². The van der Waals surface area contributed by atoms with Crippen molar-refractivity contribution in [2.24, 2.45) is 0 Å². The van der Waals surface area contributed by atoms with Gasteiger partial charge < -0.3 is 4.74 Å². The lowest BCUT2D eigenvalue weighted by molar-refractivity contribution is 0.100. The Kier molecular flexibility index (Phi) is 0.890. The number of fused-ring (bicyclic) bond motifs is 3. The zero-order valence-electron chi connectivity index (χ0n) is 6.22. The monoisotopic (exact) mass is 134 g/mol. The normalized spacial score (nSPS) is 18.6. The summed E-state index contributed by atoms with van der Waals surface area (Å²) in [5.74, 6) is 0.972. The van der Waals surface area contributed by atoms with Crippen LogP contribution in [0.3, 0.4) is 0 Å². The molecule has 2 bridgehead atoms. The molecule has 0 aliphatic carbocycles. The molecule has 0 unspecified atom stereocenters. The third-order valence-electron chi connectivity index (χ3n) is 1.92. The van der Waals surface area contributed by atoms with Crippen LogP contribution in [0.1, 0.15) is 19.4 Å². The second-order valence-electron chi connectivity index (χ2n) is 3.14. The minimum absolute atomic E-state index is 0.0984. The fourth-order valence-electron chi connectivity index (χ4n) is 1.28. The molecule has 52 valence electrons. The lowest BCUT2D eigenvalue weighted by Gasteiger charge is -2.31. The smallest absolute Gasteiger partial charge is 0.128 e. The van der Waals surface area contributed by atoms with Crippen molar-refractivity contribution in [1.82, 2.24) is 0 Å². The topological polar surface area (TPSA) is 9.23 Å². The number of ether oxygens (including phenoxy) is 1. The Balaban J connectivity index is 2.61. The average molecular weight is 134 g/mol. The molecule has 0 amide bonds. The van der Waals surface area contributed by atoms with Crippen molar-refractivity contribution < 1.29 is 4.74 Å². The second-order valence-corrected chi connectivity index (χ2v) is 3.14. The highest BCUT2D eigenvalue weighted by molar-refractivity contribution is 5.35. The number of benzene rings is 1. The molecule has 1 heteroatoms. The summed E-state index contributed by atoms with van der Waals surface area (Å²) in [6.07, 6.45) is 0. The molecule has 0 atom stereocenters. The predicted octanol–water partition coefficient (Wildman–Crippen LogP) is 2.31. The van der Waals surface area contributed by atoms with Crippen molar-refractivity contribution in [3.8, 4) is 5.75 Å². The van der Waals surface area contributed by atoms with Gasteiger partial charge in [0, 0.05) is 0 Å². The minimum atomic E-state index is -0.0984. The molecule has 0 spiro atoms. The maximum Gasteiger partial charge on any atom is 0.128 e. The molecule has 0 saturated heterocycles. The van der Waals surface area contributed by atoms with E-state index in [2.05, 4.69) is 26.0 Å². The third kappa shape index (κ3) is 0.635. The summed E-state index contributed by atoms with van der Waals surface area (Å²) in [6.45, 7) is 4.16. The fraction of sp³-hybridized carbons (Fsp3) is 0.333. The van der Waals surface area contributed by atoms with Crippen molar-refractivity contribution in [2.45, 2.75) is 19.4 Å². The van der Waals surface area contributed by atoms with Crippen molar-refractivity contribution in [1.29, 1.82) is 0 Å². The van der Waals surface area contributed by atoms with Gasteiger partial charge in [-0.3, -0.25) is 0 Å². The summed E-state index contributed by atoms with van der Waals surface area (Å²) < 4.78 is 5.58. The van der Waals surface area contributed by atoms with Gasteiger partial charge in [0.1, 0.15) is 11.4 Å². The predicted molar refractivity (Wildman–Crippen MR) is 40.1 cm³/mol. The van der Waals surface area contributed by atoms with Gasteiger partial charge in [-0.2, -0.15) is 0 Å². The van der Waals surface area contributed by atoms with Crippen molar-refractivity contribution in [3.05, 3.63) is 29.8 Å². The van der Waals surface area contributed by atoms with Crippen molar-refractivity contribution in [2.75, 3.05) is 0 Å². The van der Waals surface area contributed by atoms with Crippen molar-refractivity contribution >= 4 is 0 Å². The van der Waals surface area contributed by atoms with Gasteiger partial charge in [0.15, 0.2) is 0 Å². The third-order valence-corrected chi connectivity index (χ3v) is 1.92. The highest BCUT2D eigenvalue weighted by Crippen LogP contribution is 2.33. The molecule has 0 radical (unpaired) electrons. The second kappa shape index (κ2) is 1.54. The molecular weight excluding hydrogens is 124 g/mol. The maximum atomic E-state index is 5.58. The van der Waals surface area contributed by atoms with E-state index in [4.69, 9.17) is 4.74 Å². The Morgan fingerprint density at radius 1 is 1.10 bits per heavy atom. The van der Waals surface area contributed by atoms with Gasteiger partial charge in [0.2, 0.25) is 0 Å². The number of hydrogen-bond donors (Lipinski definition) is 0. The molecule has 10 heavy (non-hydrogen) atoms. The Bertz CT molecular complexity index is 246. The average Bonchev–Trinajstić information content (AvgIpc) is 1.87. The van der Waals surface area contributed by atoms with Crippen LogP contribution in [0.2, 0.25) is 0 Å². The molecule has 3 rings (SSSR count). The van der Waals surface area contributed by atoms with E-state index in [9.17, 15) is 0 Å². The summed E-state index contributed by atoms with van der Waals surface area (Å²) in [4.78, 5) is 0. The SMILES string of the molecule is CC1(C)Oc2ccc1cc2. The van der Waals surface area contributed by atoms with Gasteiger partial charge in [-0.1, -0.05) is 12.1 Å². The van der Waals surface area contributed by atoms with Crippen LogP contribution in [0.4, 0.5) is 0 Å². The van der Waals surface area contributed by atoms with Gasteiger partial charge >= 0.3 is 0 Å². The number of rotatable bonds is 0. The minimum Gasteiger partial charge on any atom is -0.483 e. The first-order chi connectivity index (χ1) is 4.68. The molecule has 0 saturated carbocycles. The van der Waals surface area contributed by atoms with E-state index in [0.29, 0.717) is 0 Å². The molecule has 2 aliphatic rings. The van der Waals surface area contributed by atoms with E-state index in [1.54, 1.807) is 0 Å². The highest BCUT2D eigenvalue weighted by atomic mass is 16.5. The van der Waals surface area contributed by atoms with Crippen LogP contribution in [-0.2, 0) is 5.60 Å². The first kappa shape index (κ1) is 5.78. The van der Waals surface area contributed by atoms with Crippen LogP contribution in [0.5, 0.6) is 5.75 Å². The van der Waals surface area contributed by atoms with E-state index >= 15 is 0 Å². The Morgan fingerprint density at radius 3 is 1.90 bits per heavy atom. The zero-order chi connectivity index (χ0) is 7.19. The van der Waals surface area contributed by atoms with E-state index in [1.807, 2.05) is 12.1 Å². The van der Waals surface area contributed by atoms with Crippen LogP contribution in [0.25, 0.3) is 0 Å². The maximum absolute atomic E-state index is 5.58. The van der Waals surface area contributed by atoms with Crippen molar-refractivity contribution in [3.63, 3.8) is 0 Å². The van der Waals surface area contributed by atoms with Gasteiger partial charge in [-0.05, 0) is 31.5 Å². The van der Waals surface area contributed by atoms with Crippen LogP contribution < -0.4 is 4.74 Å². The summed E-state index contributed by atoms with van der Waals surface area (Å²) in [7, 11) is 0. The van der Waals surface area contributed by atoms with E-state index in [-0.39, 0.29) is 5.60 Å². The summed E-state index contributed by atoms with van der Waals surface area (Å²) in [6, 6.07) is 8.22. The van der Waals surface area contributed by atoms with E-state index < -0.39 is 0 Å². The fourth-order valence-corrected chi connectivity index (χ4v) is 1.28. The Hall–Kier alpha value is -0.980. The number of hydrogen-bond acceptors (Lipinski definition) is 1. The highest BCUT2D eigenvalue weighted by Gasteiger charge is 2.26. The molecule has 0 N–H and O–H groups in total. The molecule has 0 fully saturated rings. The largest absolute Gasteiger partial charge is 0.483 e. The Labute approximate surface area is 60.6 Å². The molecule has 2 aliphatic heterocycles. The molecule has 1 aromatic carbocycles. The lowest BCUT2D eigenvalue weighted by Crippen LogP contribution is -2.28. The van der Waals surface area contributed by atoms with Crippen LogP contribution >= 0.6 is 0 Å². The van der Waals surface area contributed by atoms with Gasteiger partial charge in [0.05, 0.1) is 0 Å². The lowest BCUT2D eigenvalue weighted by atomic mass is 9.95. The quantitative estimate of drug-likeness (QED) is 0.529. The first-order valence-electron chi connectivity index (χ1n) is 3.48. The standard InChI is InChI=1S/C9H10O/c1-9(2)7-3-5-8(10-9)6-4-7/h3-6H,1-2H3. The van der Waals surface area contributed by atoms with Gasteiger partial charge in [0.25, 0.3) is 0 Å². The zero-order valence-corrected chi connectivity index (χ0v) is 6.22. The van der Waals surface area contributed by atoms with Crippen LogP contribution in [-0.4, -0.2) is 0 Å². The first-order valence-corrected chi connectivity index (χ1v) is 3.48. The summed E-state index contributed by atoms with van der Waals surface area (Å²) >= 11 is 0. The molecule has 1 nitrogen and oxygen atoms in total. The summed E-state index contributed by atoms with van der Waals surface area (Å²) in [5, 5.41) is 0. The molecular formula is C9H10O. The molecule has 2 heterocycles. The summed E-state index contributed by atoms with van der Waals surface area (Å²) in [5.41, 5.74) is 1.15. The van der Waals surface area contributed by atoms with Gasteiger partial charge in [-0.15, -0.1) is 0 Å². The van der Waals surface area contributed by atoms with E-state index in [0.717, 1.165) is 5.75 Å². The van der Waals surface area contributed by atoms with Gasteiger partial charge in [-0.25, -0.2) is 0 Å². The van der Waals surface area contributed by atoms with Crippen LogP contribution in [0.15, 0.2) is 24.3 Å². The molecule has 0 aromatic heterocycles.